The second-order valence-corrected chi connectivity index (χ2v) is 4.76. The fourth-order valence-electron chi connectivity index (χ4n) is 1.67. The van der Waals surface area contributed by atoms with Crippen molar-refractivity contribution in [1.29, 1.82) is 0 Å². The van der Waals surface area contributed by atoms with Crippen molar-refractivity contribution in [3.63, 3.8) is 0 Å². The molecule has 142 valence electrons. The number of alkyl halides is 2. The number of benzene rings is 1. The molecule has 0 aliphatic heterocycles. The van der Waals surface area contributed by atoms with Gasteiger partial charge in [0.2, 0.25) is 0 Å². The Kier molecular flexibility index (Phi) is 7.93. The summed E-state index contributed by atoms with van der Waals surface area (Å²) < 4.78 is 33.6. The van der Waals surface area contributed by atoms with E-state index in [0.717, 1.165) is 0 Å². The Morgan fingerprint density at radius 3 is 2.42 bits per heavy atom. The van der Waals surface area contributed by atoms with Gasteiger partial charge in [-0.15, -0.1) is 0 Å². The zero-order valence-corrected chi connectivity index (χ0v) is 13.9. The Hall–Kier alpha value is -3.24. The number of carbonyl (C=O) groups excluding carboxylic acids is 4. The van der Waals surface area contributed by atoms with E-state index in [9.17, 15) is 28.0 Å². The summed E-state index contributed by atoms with van der Waals surface area (Å²) in [5.41, 5.74) is -0.203. The highest BCUT2D eigenvalue weighted by Crippen LogP contribution is 2.19. The Labute approximate surface area is 147 Å². The van der Waals surface area contributed by atoms with Crippen LogP contribution in [-0.2, 0) is 14.3 Å². The van der Waals surface area contributed by atoms with E-state index in [1.165, 1.54) is 38.2 Å². The van der Waals surface area contributed by atoms with Crippen LogP contribution < -0.4 is 20.7 Å². The van der Waals surface area contributed by atoms with Crippen molar-refractivity contribution in [3.05, 3.63) is 29.8 Å². The highest BCUT2D eigenvalue weighted by Gasteiger charge is 2.21. The minimum Gasteiger partial charge on any atom is -0.451 e. The molecule has 0 unspecified atom stereocenters. The lowest BCUT2D eigenvalue weighted by molar-refractivity contribution is -0.153. The molecule has 0 saturated carbocycles. The van der Waals surface area contributed by atoms with Crippen molar-refractivity contribution < 1.29 is 37.4 Å². The Morgan fingerprint density at radius 2 is 1.81 bits per heavy atom. The van der Waals surface area contributed by atoms with E-state index in [-0.39, 0.29) is 11.3 Å². The molecule has 1 rings (SSSR count). The maximum atomic E-state index is 12.3. The SMILES string of the molecule is CNC(=O)NC(=O)[C@H](C)OC(=O)CNC(=O)c1ccccc1OC(F)F. The number of imide groups is 1. The maximum Gasteiger partial charge on any atom is 0.387 e. The predicted octanol–water partition coefficient (Wildman–Crippen LogP) is 0.405. The van der Waals surface area contributed by atoms with Gasteiger partial charge in [0.1, 0.15) is 12.3 Å². The number of nitrogens with one attached hydrogen (secondary N) is 3. The fraction of sp³-hybridized carbons (Fsp3) is 0.333. The number of rotatable bonds is 7. The van der Waals surface area contributed by atoms with Gasteiger partial charge >= 0.3 is 18.6 Å². The number of carbonyl (C=O) groups is 4. The predicted molar refractivity (Wildman–Crippen MR) is 83.6 cm³/mol. The van der Waals surface area contributed by atoms with Crippen LogP contribution >= 0.6 is 0 Å². The van der Waals surface area contributed by atoms with E-state index in [0.29, 0.717) is 0 Å². The Morgan fingerprint density at radius 1 is 1.15 bits per heavy atom. The first-order chi connectivity index (χ1) is 12.2. The number of para-hydroxylation sites is 1. The number of urea groups is 1. The third kappa shape index (κ3) is 6.71. The van der Waals surface area contributed by atoms with Gasteiger partial charge in [-0.25, -0.2) is 4.79 Å². The molecule has 1 aromatic rings. The largest absolute Gasteiger partial charge is 0.451 e. The van der Waals surface area contributed by atoms with E-state index in [4.69, 9.17) is 4.74 Å². The van der Waals surface area contributed by atoms with Gasteiger partial charge in [0, 0.05) is 7.05 Å². The normalized spacial score (nSPS) is 11.3. The first-order valence-corrected chi connectivity index (χ1v) is 7.28. The molecule has 0 heterocycles. The molecule has 1 aromatic carbocycles. The number of halogens is 2. The summed E-state index contributed by atoms with van der Waals surface area (Å²) in [6.45, 7) is -2.52. The first-order valence-electron chi connectivity index (χ1n) is 7.28. The molecule has 11 heteroatoms. The van der Waals surface area contributed by atoms with Gasteiger partial charge in [0.25, 0.3) is 11.8 Å². The monoisotopic (exact) mass is 373 g/mol. The van der Waals surface area contributed by atoms with Crippen LogP contribution in [0.3, 0.4) is 0 Å². The van der Waals surface area contributed by atoms with Crippen LogP contribution in [0.1, 0.15) is 17.3 Å². The second kappa shape index (κ2) is 9.91. The molecule has 0 fully saturated rings. The molecule has 9 nitrogen and oxygen atoms in total. The molecule has 4 amide bonds. The van der Waals surface area contributed by atoms with E-state index in [2.05, 4.69) is 15.4 Å². The van der Waals surface area contributed by atoms with Crippen LogP contribution in [-0.4, -0.2) is 50.1 Å². The molecular formula is C15H17F2N3O6. The van der Waals surface area contributed by atoms with Crippen molar-refractivity contribution in [2.75, 3.05) is 13.6 Å². The lowest BCUT2D eigenvalue weighted by Crippen LogP contribution is -2.44. The van der Waals surface area contributed by atoms with Crippen LogP contribution in [0, 0.1) is 0 Å². The second-order valence-electron chi connectivity index (χ2n) is 4.76. The molecule has 1 atom stereocenters. The van der Waals surface area contributed by atoms with Crippen molar-refractivity contribution >= 4 is 23.8 Å². The first kappa shape index (κ1) is 20.8. The highest BCUT2D eigenvalue weighted by atomic mass is 19.3. The molecule has 0 aliphatic carbocycles. The van der Waals surface area contributed by atoms with E-state index >= 15 is 0 Å². The van der Waals surface area contributed by atoms with Crippen LogP contribution in [0.25, 0.3) is 0 Å². The molecule has 0 aromatic heterocycles. The lowest BCUT2D eigenvalue weighted by atomic mass is 10.2. The molecule has 0 aliphatic rings. The quantitative estimate of drug-likeness (QED) is 0.595. The van der Waals surface area contributed by atoms with E-state index in [1.54, 1.807) is 0 Å². The van der Waals surface area contributed by atoms with Gasteiger partial charge in [-0.05, 0) is 19.1 Å². The minimum atomic E-state index is -3.12. The van der Waals surface area contributed by atoms with E-state index < -0.39 is 43.1 Å². The molecule has 26 heavy (non-hydrogen) atoms. The van der Waals surface area contributed by atoms with Crippen LogP contribution in [0.4, 0.5) is 13.6 Å². The Bertz CT molecular complexity index is 683. The lowest BCUT2D eigenvalue weighted by Gasteiger charge is -2.13. The van der Waals surface area contributed by atoms with Gasteiger partial charge in [-0.2, -0.15) is 8.78 Å². The van der Waals surface area contributed by atoms with Crippen molar-refractivity contribution in [2.24, 2.45) is 0 Å². The molecule has 0 bridgehead atoms. The fourth-order valence-corrected chi connectivity index (χ4v) is 1.67. The van der Waals surface area contributed by atoms with Crippen molar-refractivity contribution in [1.82, 2.24) is 16.0 Å². The molecule has 0 saturated heterocycles. The summed E-state index contributed by atoms with van der Waals surface area (Å²) in [7, 11) is 1.30. The summed E-state index contributed by atoms with van der Waals surface area (Å²) in [6, 6.07) is 4.45. The average molecular weight is 373 g/mol. The molecule has 0 spiro atoms. The number of esters is 1. The number of hydrogen-bond acceptors (Lipinski definition) is 6. The number of hydrogen-bond donors (Lipinski definition) is 3. The Balaban J connectivity index is 2.56. The molecule has 0 radical (unpaired) electrons. The smallest absolute Gasteiger partial charge is 0.387 e. The minimum absolute atomic E-state index is 0.203. The maximum absolute atomic E-state index is 12.3. The van der Waals surface area contributed by atoms with Gasteiger partial charge in [-0.1, -0.05) is 12.1 Å². The number of ether oxygens (including phenoxy) is 2. The topological polar surface area (TPSA) is 123 Å². The van der Waals surface area contributed by atoms with Gasteiger partial charge in [-0.3, -0.25) is 19.7 Å². The number of amides is 4. The summed E-state index contributed by atoms with van der Waals surface area (Å²) >= 11 is 0. The third-order valence-electron chi connectivity index (χ3n) is 2.88. The third-order valence-corrected chi connectivity index (χ3v) is 2.88. The molecular weight excluding hydrogens is 356 g/mol. The zero-order valence-electron chi connectivity index (χ0n) is 13.9. The van der Waals surface area contributed by atoms with Crippen LogP contribution in [0.2, 0.25) is 0 Å². The summed E-state index contributed by atoms with van der Waals surface area (Å²) in [5, 5.41) is 6.22. The van der Waals surface area contributed by atoms with E-state index in [1.807, 2.05) is 5.32 Å². The van der Waals surface area contributed by atoms with Gasteiger partial charge in [0.15, 0.2) is 6.10 Å². The zero-order chi connectivity index (χ0) is 19.7. The van der Waals surface area contributed by atoms with Gasteiger partial charge in [0.05, 0.1) is 5.56 Å². The average Bonchev–Trinajstić information content (AvgIpc) is 2.59. The summed E-state index contributed by atoms with van der Waals surface area (Å²) in [5.74, 6) is -3.03. The van der Waals surface area contributed by atoms with Gasteiger partial charge < -0.3 is 20.1 Å². The van der Waals surface area contributed by atoms with Crippen molar-refractivity contribution in [3.8, 4) is 5.75 Å². The summed E-state index contributed by atoms with van der Waals surface area (Å²) in [6.07, 6.45) is -1.29. The van der Waals surface area contributed by atoms with Crippen molar-refractivity contribution in [2.45, 2.75) is 19.6 Å². The van der Waals surface area contributed by atoms with Crippen LogP contribution in [0.15, 0.2) is 24.3 Å². The standard InChI is InChI=1S/C15H17F2N3O6/c1-8(12(22)20-15(24)18-2)25-11(21)7-19-13(23)9-5-3-4-6-10(9)26-14(16)17/h3-6,8,14H,7H2,1-2H3,(H,19,23)(H2,18,20,22,24)/t8-/m0/s1. The summed E-state index contributed by atoms with van der Waals surface area (Å²) in [4.78, 5) is 46.1. The van der Waals surface area contributed by atoms with Crippen LogP contribution in [0.5, 0.6) is 5.75 Å². The highest BCUT2D eigenvalue weighted by molar-refractivity contribution is 5.99. The molecule has 3 N–H and O–H groups in total.